The van der Waals surface area contributed by atoms with E-state index >= 15 is 0 Å². The van der Waals surface area contributed by atoms with Crippen LogP contribution >= 0.6 is 0 Å². The number of amides is 1. The van der Waals surface area contributed by atoms with Crippen molar-refractivity contribution in [2.24, 2.45) is 0 Å². The maximum Gasteiger partial charge on any atom is 0.410 e. The number of carbonyl (C=O) groups excluding carboxylic acids is 1. The number of hydrogen-bond donors (Lipinski definition) is 1. The van der Waals surface area contributed by atoms with Gasteiger partial charge in [-0.05, 0) is 43.1 Å². The summed E-state index contributed by atoms with van der Waals surface area (Å²) < 4.78 is 18.7. The highest BCUT2D eigenvalue weighted by Crippen LogP contribution is 2.37. The fourth-order valence-corrected chi connectivity index (χ4v) is 9.25. The first-order valence-electron chi connectivity index (χ1n) is 12.3. The first-order valence-corrected chi connectivity index (χ1v) is 14.2. The van der Waals surface area contributed by atoms with Gasteiger partial charge >= 0.3 is 6.09 Å². The molecule has 7 heteroatoms. The summed E-state index contributed by atoms with van der Waals surface area (Å²) in [7, 11) is -2.75. The molecule has 0 bridgehead atoms. The molecule has 0 saturated carbocycles. The van der Waals surface area contributed by atoms with Crippen LogP contribution in [-0.2, 0) is 13.9 Å². The normalized spacial score (nSPS) is 21.9. The molecule has 0 aliphatic carbocycles. The smallest absolute Gasteiger partial charge is 0.410 e. The Labute approximate surface area is 211 Å². The standard InChI is InChI=1S/C28H41NO5Si/c1-26(2,3)34-25(30)29-18-22(32-21-28(7,31)20-29)19-33-35(27(4,5)6,23-14-10-8-11-15-23)24-16-12-9-13-17-24/h8-17,22,31H,18-21H2,1-7H3/t22-,28+/m1/s1. The van der Waals surface area contributed by atoms with Crippen LogP contribution < -0.4 is 10.4 Å². The van der Waals surface area contributed by atoms with Crippen molar-refractivity contribution in [3.63, 3.8) is 0 Å². The van der Waals surface area contributed by atoms with Gasteiger partial charge in [-0.3, -0.25) is 0 Å². The molecule has 1 amide bonds. The summed E-state index contributed by atoms with van der Waals surface area (Å²) in [5.74, 6) is 0. The van der Waals surface area contributed by atoms with Crippen LogP contribution in [0.5, 0.6) is 0 Å². The van der Waals surface area contributed by atoms with Gasteiger partial charge in [-0.1, -0.05) is 81.4 Å². The lowest BCUT2D eigenvalue weighted by Crippen LogP contribution is -2.67. The molecule has 1 aliphatic rings. The topological polar surface area (TPSA) is 68.2 Å². The number of carbonyl (C=O) groups is 1. The van der Waals surface area contributed by atoms with Gasteiger partial charge in [-0.15, -0.1) is 0 Å². The van der Waals surface area contributed by atoms with Crippen molar-refractivity contribution in [1.29, 1.82) is 0 Å². The number of hydrogen-bond acceptors (Lipinski definition) is 5. The molecule has 35 heavy (non-hydrogen) atoms. The summed E-state index contributed by atoms with van der Waals surface area (Å²) in [6.07, 6.45) is -0.864. The maximum absolute atomic E-state index is 12.9. The second-order valence-electron chi connectivity index (χ2n) is 11.8. The lowest BCUT2D eigenvalue weighted by Gasteiger charge is -2.43. The van der Waals surface area contributed by atoms with Crippen LogP contribution in [-0.4, -0.2) is 68.0 Å². The van der Waals surface area contributed by atoms with E-state index in [1.165, 1.54) is 15.3 Å². The van der Waals surface area contributed by atoms with Crippen molar-refractivity contribution < 1.29 is 23.8 Å². The van der Waals surface area contributed by atoms with Gasteiger partial charge in [0, 0.05) is 0 Å². The molecule has 2 aromatic rings. The van der Waals surface area contributed by atoms with Gasteiger partial charge < -0.3 is 23.9 Å². The van der Waals surface area contributed by atoms with Crippen LogP contribution in [0.4, 0.5) is 4.79 Å². The average Bonchev–Trinajstić information content (AvgIpc) is 2.92. The monoisotopic (exact) mass is 499 g/mol. The summed E-state index contributed by atoms with van der Waals surface area (Å²) in [6.45, 7) is 14.7. The molecule has 1 saturated heterocycles. The Hall–Kier alpha value is -2.19. The van der Waals surface area contributed by atoms with Gasteiger partial charge in [0.2, 0.25) is 0 Å². The van der Waals surface area contributed by atoms with E-state index in [-0.39, 0.29) is 24.7 Å². The molecule has 1 heterocycles. The second-order valence-corrected chi connectivity index (χ2v) is 16.1. The number of nitrogens with zero attached hydrogens (tertiary/aromatic N) is 1. The van der Waals surface area contributed by atoms with E-state index in [0.717, 1.165) is 0 Å². The zero-order valence-corrected chi connectivity index (χ0v) is 23.2. The van der Waals surface area contributed by atoms with Crippen LogP contribution in [0.15, 0.2) is 60.7 Å². The molecule has 0 spiro atoms. The number of aliphatic hydroxyl groups is 1. The molecule has 1 fully saturated rings. The fraction of sp³-hybridized carbons (Fsp3) is 0.536. The van der Waals surface area contributed by atoms with Crippen molar-refractivity contribution in [2.75, 3.05) is 26.3 Å². The summed E-state index contributed by atoms with van der Waals surface area (Å²) in [6, 6.07) is 20.9. The van der Waals surface area contributed by atoms with Crippen molar-refractivity contribution in [2.45, 2.75) is 70.8 Å². The number of ether oxygens (including phenoxy) is 2. The van der Waals surface area contributed by atoms with Crippen molar-refractivity contribution in [1.82, 2.24) is 4.90 Å². The molecule has 192 valence electrons. The molecule has 1 N–H and O–H groups in total. The molecule has 2 aromatic carbocycles. The lowest BCUT2D eigenvalue weighted by atomic mass is 10.1. The Balaban J connectivity index is 1.93. The van der Waals surface area contributed by atoms with Crippen LogP contribution in [0.25, 0.3) is 0 Å². The Morgan fingerprint density at radius 1 is 1.03 bits per heavy atom. The first kappa shape index (κ1) is 27.4. The summed E-state index contributed by atoms with van der Waals surface area (Å²) in [5, 5.41) is 13.0. The first-order chi connectivity index (χ1) is 16.2. The van der Waals surface area contributed by atoms with Crippen LogP contribution in [0, 0.1) is 0 Å². The molecule has 0 radical (unpaired) electrons. The molecular formula is C28H41NO5Si. The SMILES string of the molecule is CC(C)(C)OC(=O)N1C[C@H](CO[Si](c2ccccc2)(c2ccccc2)C(C)(C)C)OC[C@@](C)(O)C1. The van der Waals surface area contributed by atoms with Crippen LogP contribution in [0.2, 0.25) is 5.04 Å². The molecular weight excluding hydrogens is 458 g/mol. The summed E-state index contributed by atoms with van der Waals surface area (Å²) >= 11 is 0. The Morgan fingerprint density at radius 2 is 1.54 bits per heavy atom. The minimum atomic E-state index is -2.75. The van der Waals surface area contributed by atoms with E-state index < -0.39 is 31.7 Å². The molecule has 0 unspecified atom stereocenters. The van der Waals surface area contributed by atoms with E-state index in [4.69, 9.17) is 13.9 Å². The zero-order chi connectivity index (χ0) is 25.9. The average molecular weight is 500 g/mol. The van der Waals surface area contributed by atoms with Crippen molar-refractivity contribution in [3.8, 4) is 0 Å². The minimum absolute atomic E-state index is 0.112. The third-order valence-corrected chi connectivity index (χ3v) is 11.1. The van der Waals surface area contributed by atoms with Gasteiger partial charge in [0.05, 0.1) is 32.4 Å². The van der Waals surface area contributed by atoms with E-state index in [2.05, 4.69) is 69.3 Å². The molecule has 3 rings (SSSR count). The predicted octanol–water partition coefficient (Wildman–Crippen LogP) is 3.95. The second kappa shape index (κ2) is 10.4. The van der Waals surface area contributed by atoms with E-state index in [1.807, 2.05) is 32.9 Å². The zero-order valence-electron chi connectivity index (χ0n) is 22.2. The van der Waals surface area contributed by atoms with Crippen molar-refractivity contribution >= 4 is 24.8 Å². The largest absolute Gasteiger partial charge is 0.444 e. The van der Waals surface area contributed by atoms with Crippen LogP contribution in [0.1, 0.15) is 48.5 Å². The van der Waals surface area contributed by atoms with Gasteiger partial charge in [0.1, 0.15) is 11.2 Å². The van der Waals surface area contributed by atoms with Gasteiger partial charge in [0.15, 0.2) is 0 Å². The van der Waals surface area contributed by atoms with E-state index in [1.54, 1.807) is 6.92 Å². The Bertz CT molecular complexity index is 927. The third-order valence-electron chi connectivity index (χ3n) is 6.14. The molecule has 1 aliphatic heterocycles. The molecule has 0 aromatic heterocycles. The third kappa shape index (κ3) is 6.73. The highest BCUT2D eigenvalue weighted by Gasteiger charge is 2.50. The lowest BCUT2D eigenvalue weighted by molar-refractivity contribution is -0.0522. The molecule has 6 nitrogen and oxygen atoms in total. The number of β-amino-alcohol motifs (C(OH)–C–C–N with tert-alkyl or cyclic N) is 1. The summed E-state index contributed by atoms with van der Waals surface area (Å²) in [5.41, 5.74) is -1.81. The van der Waals surface area contributed by atoms with E-state index in [0.29, 0.717) is 6.61 Å². The quantitative estimate of drug-likeness (QED) is 0.631. The Morgan fingerprint density at radius 3 is 2.00 bits per heavy atom. The minimum Gasteiger partial charge on any atom is -0.444 e. The van der Waals surface area contributed by atoms with Gasteiger partial charge in [-0.2, -0.15) is 0 Å². The highest BCUT2D eigenvalue weighted by molar-refractivity contribution is 6.99. The van der Waals surface area contributed by atoms with Crippen LogP contribution in [0.3, 0.4) is 0 Å². The van der Waals surface area contributed by atoms with Gasteiger partial charge in [-0.25, -0.2) is 4.79 Å². The fourth-order valence-electron chi connectivity index (χ4n) is 4.66. The number of rotatable bonds is 5. The predicted molar refractivity (Wildman–Crippen MR) is 142 cm³/mol. The van der Waals surface area contributed by atoms with Gasteiger partial charge in [0.25, 0.3) is 8.32 Å². The molecule has 2 atom stereocenters. The summed E-state index contributed by atoms with van der Waals surface area (Å²) in [4.78, 5) is 14.4. The highest BCUT2D eigenvalue weighted by atomic mass is 28.4. The van der Waals surface area contributed by atoms with E-state index in [9.17, 15) is 9.90 Å². The number of benzene rings is 2. The maximum atomic E-state index is 12.9. The Kier molecular flexibility index (Phi) is 8.16. The van der Waals surface area contributed by atoms with Crippen molar-refractivity contribution in [3.05, 3.63) is 60.7 Å².